The van der Waals surface area contributed by atoms with E-state index in [9.17, 15) is 4.39 Å². The first kappa shape index (κ1) is 18.1. The molecule has 0 saturated carbocycles. The van der Waals surface area contributed by atoms with E-state index in [1.54, 1.807) is 12.1 Å². The molecule has 27 heavy (non-hydrogen) atoms. The van der Waals surface area contributed by atoms with Crippen LogP contribution in [0.25, 0.3) is 33.6 Å². The second-order valence-corrected chi connectivity index (χ2v) is 7.81. The van der Waals surface area contributed by atoms with Gasteiger partial charge in [0, 0.05) is 20.1 Å². The van der Waals surface area contributed by atoms with E-state index < -0.39 is 0 Å². The molecule has 1 nitrogen and oxygen atoms in total. The van der Waals surface area contributed by atoms with Crippen molar-refractivity contribution in [2.24, 2.45) is 0 Å². The summed E-state index contributed by atoms with van der Waals surface area (Å²) < 4.78 is 15.7. The predicted octanol–water partition coefficient (Wildman–Crippen LogP) is 7.75. The van der Waals surface area contributed by atoms with Crippen LogP contribution in [0.1, 0.15) is 0 Å². The molecule has 0 bridgehead atoms. The highest BCUT2D eigenvalue weighted by molar-refractivity contribution is 9.11. The maximum absolute atomic E-state index is 13.8. The Hall–Kier alpha value is -2.30. The Morgan fingerprint density at radius 3 is 1.67 bits per heavy atom. The van der Waals surface area contributed by atoms with E-state index in [0.717, 1.165) is 42.6 Å². The lowest BCUT2D eigenvalue weighted by molar-refractivity contribution is 0.628. The lowest BCUT2D eigenvalue weighted by atomic mass is 10.00. The minimum atomic E-state index is -0.255. The number of nitrogens with zero attached hydrogens (tertiary/aromatic N) is 1. The Bertz CT molecular complexity index is 1060. The lowest BCUT2D eigenvalue weighted by Crippen LogP contribution is -1.92. The molecule has 4 heteroatoms. The number of rotatable bonds is 3. The van der Waals surface area contributed by atoms with Crippen molar-refractivity contribution in [2.45, 2.75) is 0 Å². The molecule has 0 spiro atoms. The third-order valence-corrected chi connectivity index (χ3v) is 5.67. The first-order chi connectivity index (χ1) is 13.1. The van der Waals surface area contributed by atoms with E-state index >= 15 is 0 Å². The molecule has 132 valence electrons. The Labute approximate surface area is 174 Å². The molecule has 3 aromatic carbocycles. The van der Waals surface area contributed by atoms with E-state index in [1.165, 1.54) is 6.07 Å². The van der Waals surface area contributed by atoms with Gasteiger partial charge in [0.25, 0.3) is 0 Å². The average Bonchev–Trinajstić information content (AvgIpc) is 2.68. The van der Waals surface area contributed by atoms with Crippen LogP contribution in [0.4, 0.5) is 4.39 Å². The van der Waals surface area contributed by atoms with E-state index in [1.807, 2.05) is 66.7 Å². The number of aromatic nitrogens is 1. The van der Waals surface area contributed by atoms with Gasteiger partial charge >= 0.3 is 0 Å². The highest BCUT2D eigenvalue weighted by atomic mass is 79.9. The maximum Gasteiger partial charge on any atom is 0.123 e. The highest BCUT2D eigenvalue weighted by Crippen LogP contribution is 2.35. The Morgan fingerprint density at radius 1 is 0.593 bits per heavy atom. The topological polar surface area (TPSA) is 12.9 Å². The van der Waals surface area contributed by atoms with E-state index in [2.05, 4.69) is 31.9 Å². The fourth-order valence-electron chi connectivity index (χ4n) is 2.98. The second kappa shape index (κ2) is 7.75. The fourth-order valence-corrected chi connectivity index (χ4v) is 3.95. The minimum absolute atomic E-state index is 0.255. The summed E-state index contributed by atoms with van der Waals surface area (Å²) in [4.78, 5) is 4.89. The molecule has 1 aromatic heterocycles. The SMILES string of the molecule is Fc1cccc(-c2cc(-c3ccccc3Br)nc(-c3ccccc3Br)c2)c1. The second-order valence-electron chi connectivity index (χ2n) is 6.10. The number of hydrogen-bond acceptors (Lipinski definition) is 1. The molecule has 1 heterocycles. The van der Waals surface area contributed by atoms with Crippen LogP contribution in [0.3, 0.4) is 0 Å². The highest BCUT2D eigenvalue weighted by Gasteiger charge is 2.12. The van der Waals surface area contributed by atoms with Crippen molar-refractivity contribution < 1.29 is 4.39 Å². The van der Waals surface area contributed by atoms with Gasteiger partial charge in [0.1, 0.15) is 5.82 Å². The quantitative estimate of drug-likeness (QED) is 0.291. The van der Waals surface area contributed by atoms with Crippen LogP contribution in [0.5, 0.6) is 0 Å². The molecule has 0 aliphatic heterocycles. The summed E-state index contributed by atoms with van der Waals surface area (Å²) in [5.41, 5.74) is 5.37. The molecule has 0 aliphatic carbocycles. The average molecular weight is 483 g/mol. The van der Waals surface area contributed by atoms with Gasteiger partial charge in [0.05, 0.1) is 11.4 Å². The number of hydrogen-bond donors (Lipinski definition) is 0. The summed E-state index contributed by atoms with van der Waals surface area (Å²) >= 11 is 7.22. The molecule has 0 N–H and O–H groups in total. The molecule has 0 unspecified atom stereocenters. The summed E-state index contributed by atoms with van der Waals surface area (Å²) in [6.45, 7) is 0. The standard InChI is InChI=1S/C23H14Br2FN/c24-20-10-3-1-8-18(20)22-13-16(15-6-5-7-17(26)12-15)14-23(27-22)19-9-2-4-11-21(19)25/h1-14H. The van der Waals surface area contributed by atoms with Crippen molar-refractivity contribution in [3.8, 4) is 33.6 Å². The van der Waals surface area contributed by atoms with Crippen LogP contribution >= 0.6 is 31.9 Å². The van der Waals surface area contributed by atoms with Crippen LogP contribution in [-0.4, -0.2) is 4.98 Å². The van der Waals surface area contributed by atoms with Gasteiger partial charge in [-0.1, -0.05) is 80.4 Å². The van der Waals surface area contributed by atoms with Crippen LogP contribution in [0, 0.1) is 5.82 Å². The van der Waals surface area contributed by atoms with Crippen LogP contribution < -0.4 is 0 Å². The van der Waals surface area contributed by atoms with Gasteiger partial charge in [-0.05, 0) is 47.5 Å². The van der Waals surface area contributed by atoms with E-state index in [-0.39, 0.29) is 5.82 Å². The molecule has 0 aliphatic rings. The van der Waals surface area contributed by atoms with E-state index in [0.29, 0.717) is 0 Å². The summed E-state index contributed by atoms with van der Waals surface area (Å²) in [6, 6.07) is 26.5. The van der Waals surface area contributed by atoms with Gasteiger partial charge in [-0.15, -0.1) is 0 Å². The van der Waals surface area contributed by atoms with Crippen molar-refractivity contribution in [3.63, 3.8) is 0 Å². The monoisotopic (exact) mass is 481 g/mol. The summed E-state index contributed by atoms with van der Waals surface area (Å²) in [5.74, 6) is -0.255. The zero-order valence-corrected chi connectivity index (χ0v) is 17.3. The molecule has 0 amide bonds. The molecule has 0 saturated heterocycles. The molecule has 0 radical (unpaired) electrons. The first-order valence-electron chi connectivity index (χ1n) is 8.39. The van der Waals surface area contributed by atoms with Gasteiger partial charge in [-0.2, -0.15) is 0 Å². The zero-order valence-electron chi connectivity index (χ0n) is 14.2. The Balaban J connectivity index is 1.97. The third kappa shape index (κ3) is 3.87. The van der Waals surface area contributed by atoms with E-state index in [4.69, 9.17) is 4.98 Å². The van der Waals surface area contributed by atoms with Gasteiger partial charge < -0.3 is 0 Å². The number of benzene rings is 3. The molecule has 0 atom stereocenters. The smallest absolute Gasteiger partial charge is 0.123 e. The van der Waals surface area contributed by atoms with Gasteiger partial charge in [-0.25, -0.2) is 9.37 Å². The Kier molecular flexibility index (Phi) is 5.19. The van der Waals surface area contributed by atoms with Crippen molar-refractivity contribution in [1.82, 2.24) is 4.98 Å². The van der Waals surface area contributed by atoms with Crippen LogP contribution in [-0.2, 0) is 0 Å². The number of pyridine rings is 1. The van der Waals surface area contributed by atoms with Gasteiger partial charge in [-0.3, -0.25) is 0 Å². The largest absolute Gasteiger partial charge is 0.248 e. The summed E-state index contributed by atoms with van der Waals surface area (Å²) in [5, 5.41) is 0. The van der Waals surface area contributed by atoms with Crippen LogP contribution in [0.15, 0.2) is 93.9 Å². The molecule has 0 fully saturated rings. The maximum atomic E-state index is 13.8. The zero-order chi connectivity index (χ0) is 18.8. The van der Waals surface area contributed by atoms with Gasteiger partial charge in [0.2, 0.25) is 0 Å². The van der Waals surface area contributed by atoms with Crippen LogP contribution in [0.2, 0.25) is 0 Å². The van der Waals surface area contributed by atoms with Crippen molar-refractivity contribution in [3.05, 3.63) is 99.7 Å². The van der Waals surface area contributed by atoms with Crippen molar-refractivity contribution in [2.75, 3.05) is 0 Å². The van der Waals surface area contributed by atoms with Gasteiger partial charge in [0.15, 0.2) is 0 Å². The summed E-state index contributed by atoms with van der Waals surface area (Å²) in [6.07, 6.45) is 0. The molecular formula is C23H14Br2FN. The third-order valence-electron chi connectivity index (χ3n) is 4.28. The van der Waals surface area contributed by atoms with Crippen molar-refractivity contribution in [1.29, 1.82) is 0 Å². The normalized spacial score (nSPS) is 10.8. The minimum Gasteiger partial charge on any atom is -0.248 e. The molecular weight excluding hydrogens is 469 g/mol. The van der Waals surface area contributed by atoms with Crippen molar-refractivity contribution >= 4 is 31.9 Å². The summed E-state index contributed by atoms with van der Waals surface area (Å²) in [7, 11) is 0. The molecule has 4 aromatic rings. The first-order valence-corrected chi connectivity index (χ1v) is 9.98. The molecule has 4 rings (SSSR count). The Morgan fingerprint density at radius 2 is 1.15 bits per heavy atom. The number of halogens is 3. The fraction of sp³-hybridized carbons (Fsp3) is 0. The predicted molar refractivity (Wildman–Crippen MR) is 116 cm³/mol. The lowest BCUT2D eigenvalue weighted by Gasteiger charge is -2.12.